The number of halogens is 1. The zero-order valence-electron chi connectivity index (χ0n) is 19.9. The van der Waals surface area contributed by atoms with Crippen molar-refractivity contribution < 1.29 is 23.7 Å². The highest BCUT2D eigenvalue weighted by Crippen LogP contribution is 2.39. The fourth-order valence-electron chi connectivity index (χ4n) is 4.68. The molecule has 3 aromatic rings. The molecule has 2 aliphatic heterocycles. The normalized spacial score (nSPS) is 15.3. The van der Waals surface area contributed by atoms with Gasteiger partial charge in [0, 0.05) is 34.3 Å². The summed E-state index contributed by atoms with van der Waals surface area (Å²) in [6.45, 7) is 3.65. The third-order valence-electron chi connectivity index (χ3n) is 6.54. The van der Waals surface area contributed by atoms with Crippen molar-refractivity contribution >= 4 is 45.1 Å². The molecule has 9 heteroatoms. The van der Waals surface area contributed by atoms with E-state index in [2.05, 4.69) is 32.5 Å². The van der Waals surface area contributed by atoms with E-state index < -0.39 is 0 Å². The highest BCUT2D eigenvalue weighted by atomic mass is 127. The summed E-state index contributed by atoms with van der Waals surface area (Å²) >= 11 is 2.18. The minimum Gasteiger partial charge on any atom is -0.493 e. The molecule has 0 atom stereocenters. The van der Waals surface area contributed by atoms with Gasteiger partial charge in [0.25, 0.3) is 5.91 Å². The smallest absolute Gasteiger partial charge is 0.259 e. The third kappa shape index (κ3) is 4.84. The summed E-state index contributed by atoms with van der Waals surface area (Å²) in [6.07, 6.45) is 5.40. The van der Waals surface area contributed by atoms with Crippen LogP contribution < -0.4 is 23.8 Å². The van der Waals surface area contributed by atoms with Crippen LogP contribution in [0.4, 0.5) is 5.69 Å². The first-order chi connectivity index (χ1) is 17.1. The molecule has 0 spiro atoms. The second-order valence-electron chi connectivity index (χ2n) is 8.60. The van der Waals surface area contributed by atoms with Crippen molar-refractivity contribution in [1.82, 2.24) is 9.88 Å². The quantitative estimate of drug-likeness (QED) is 0.370. The number of ether oxygens (including phenoxy) is 4. The van der Waals surface area contributed by atoms with Crippen LogP contribution in [0.5, 0.6) is 23.0 Å². The molecule has 3 heterocycles. The van der Waals surface area contributed by atoms with Gasteiger partial charge in [-0.3, -0.25) is 9.78 Å². The number of benzene rings is 2. The molecule has 0 N–H and O–H groups in total. The van der Waals surface area contributed by atoms with Gasteiger partial charge in [0.05, 0.1) is 31.0 Å². The van der Waals surface area contributed by atoms with E-state index in [0.29, 0.717) is 35.1 Å². The first kappa shape index (κ1) is 23.9. The number of carbonyl (C=O) groups excluding carboxylic acids is 1. The summed E-state index contributed by atoms with van der Waals surface area (Å²) < 4.78 is 22.9. The Bertz CT molecular complexity index is 1250. The lowest BCUT2D eigenvalue weighted by molar-refractivity contribution is 0.0981. The fraction of sp³-hybridized carbons (Fsp3) is 0.385. The first-order valence-corrected chi connectivity index (χ1v) is 12.8. The van der Waals surface area contributed by atoms with Crippen LogP contribution in [0, 0.1) is 3.57 Å². The zero-order valence-corrected chi connectivity index (χ0v) is 22.0. The molecule has 1 amide bonds. The molecule has 35 heavy (non-hydrogen) atoms. The second kappa shape index (κ2) is 10.4. The molecule has 2 aliphatic rings. The number of hydrogen-bond donors (Lipinski definition) is 0. The van der Waals surface area contributed by atoms with Crippen LogP contribution in [0.25, 0.3) is 10.9 Å². The molecule has 0 saturated carbocycles. The van der Waals surface area contributed by atoms with Crippen molar-refractivity contribution in [3.05, 3.63) is 45.7 Å². The maximum absolute atomic E-state index is 14.1. The maximum atomic E-state index is 14.1. The van der Waals surface area contributed by atoms with E-state index in [1.165, 1.54) is 19.3 Å². The van der Waals surface area contributed by atoms with Crippen molar-refractivity contribution in [2.45, 2.75) is 19.3 Å². The number of pyridine rings is 1. The van der Waals surface area contributed by atoms with Crippen LogP contribution in [0.2, 0.25) is 0 Å². The molecule has 8 nitrogen and oxygen atoms in total. The maximum Gasteiger partial charge on any atom is 0.259 e. The Kier molecular flexibility index (Phi) is 7.14. The number of amides is 1. The SMILES string of the molecule is COc1cc(I)c(C(=O)N(CCN2CCCCC2)c2ccnc3cc4c(cc23)OCO4)cc1OC. The van der Waals surface area contributed by atoms with E-state index in [1.807, 2.05) is 29.2 Å². The van der Waals surface area contributed by atoms with Crippen molar-refractivity contribution in [2.75, 3.05) is 52.1 Å². The highest BCUT2D eigenvalue weighted by molar-refractivity contribution is 14.1. The van der Waals surface area contributed by atoms with Crippen molar-refractivity contribution in [3.63, 3.8) is 0 Å². The minimum absolute atomic E-state index is 0.0995. The predicted molar refractivity (Wildman–Crippen MR) is 142 cm³/mol. The average molecular weight is 589 g/mol. The average Bonchev–Trinajstić information content (AvgIpc) is 3.35. The molecule has 0 radical (unpaired) electrons. The number of rotatable bonds is 7. The van der Waals surface area contributed by atoms with Crippen LogP contribution in [0.15, 0.2) is 36.5 Å². The lowest BCUT2D eigenvalue weighted by Gasteiger charge is -2.31. The predicted octanol–water partition coefficient (Wildman–Crippen LogP) is 4.72. The van der Waals surface area contributed by atoms with Gasteiger partial charge in [0.1, 0.15) is 0 Å². The van der Waals surface area contributed by atoms with E-state index >= 15 is 0 Å². The molecule has 0 aliphatic carbocycles. The number of anilines is 1. The topological polar surface area (TPSA) is 73.4 Å². The van der Waals surface area contributed by atoms with Gasteiger partial charge in [-0.2, -0.15) is 0 Å². The molecular weight excluding hydrogens is 561 g/mol. The lowest BCUT2D eigenvalue weighted by Crippen LogP contribution is -2.41. The molecular formula is C26H28IN3O5. The van der Waals surface area contributed by atoms with Gasteiger partial charge in [-0.25, -0.2) is 0 Å². The van der Waals surface area contributed by atoms with Crippen LogP contribution in [-0.4, -0.2) is 63.0 Å². The van der Waals surface area contributed by atoms with Crippen LogP contribution in [0.3, 0.4) is 0 Å². The van der Waals surface area contributed by atoms with Gasteiger partial charge < -0.3 is 28.7 Å². The Labute approximate surface area is 218 Å². The van der Waals surface area contributed by atoms with Gasteiger partial charge in [-0.05, 0) is 72.8 Å². The standard InChI is InChI=1S/C26H28IN3O5/c1-32-22-12-17(19(27)14-23(22)33-2)26(31)30(11-10-29-8-4-3-5-9-29)21-6-7-28-20-15-25-24(13-18(20)21)34-16-35-25/h6-7,12-15H,3-5,8-11,16H2,1-2H3. The molecule has 0 bridgehead atoms. The first-order valence-electron chi connectivity index (χ1n) is 11.7. The minimum atomic E-state index is -0.0995. The van der Waals surface area contributed by atoms with E-state index in [1.54, 1.807) is 26.5 Å². The van der Waals surface area contributed by atoms with Crippen LogP contribution >= 0.6 is 22.6 Å². The molecule has 184 valence electrons. The molecule has 1 fully saturated rings. The monoisotopic (exact) mass is 589 g/mol. The largest absolute Gasteiger partial charge is 0.493 e. The number of piperidine rings is 1. The fourth-order valence-corrected chi connectivity index (χ4v) is 5.35. The van der Waals surface area contributed by atoms with Crippen molar-refractivity contribution in [1.29, 1.82) is 0 Å². The van der Waals surface area contributed by atoms with Crippen LogP contribution in [-0.2, 0) is 0 Å². The van der Waals surface area contributed by atoms with Crippen LogP contribution in [0.1, 0.15) is 29.6 Å². The highest BCUT2D eigenvalue weighted by Gasteiger charge is 2.26. The Morgan fingerprint density at radius 1 is 1.06 bits per heavy atom. The third-order valence-corrected chi connectivity index (χ3v) is 7.43. The second-order valence-corrected chi connectivity index (χ2v) is 9.76. The number of aromatic nitrogens is 1. The Balaban J connectivity index is 1.57. The number of fused-ring (bicyclic) bond motifs is 2. The van der Waals surface area contributed by atoms with Crippen molar-refractivity contribution in [3.8, 4) is 23.0 Å². The Hall–Kier alpha value is -2.79. The Morgan fingerprint density at radius 2 is 1.77 bits per heavy atom. The summed E-state index contributed by atoms with van der Waals surface area (Å²) in [4.78, 5) is 22.9. The van der Waals surface area contributed by atoms with Gasteiger partial charge in [-0.15, -0.1) is 0 Å². The van der Waals surface area contributed by atoms with E-state index in [9.17, 15) is 4.79 Å². The number of nitrogens with zero attached hydrogens (tertiary/aromatic N) is 3. The summed E-state index contributed by atoms with van der Waals surface area (Å²) in [5, 5.41) is 0.847. The van der Waals surface area contributed by atoms with E-state index in [4.69, 9.17) is 18.9 Å². The lowest BCUT2D eigenvalue weighted by atomic mass is 10.1. The number of hydrogen-bond acceptors (Lipinski definition) is 7. The number of carbonyl (C=O) groups is 1. The summed E-state index contributed by atoms with van der Waals surface area (Å²) in [7, 11) is 3.17. The number of methoxy groups -OCH3 is 2. The zero-order chi connectivity index (χ0) is 24.4. The molecule has 2 aromatic carbocycles. The summed E-state index contributed by atoms with van der Waals surface area (Å²) in [6, 6.07) is 9.27. The summed E-state index contributed by atoms with van der Waals surface area (Å²) in [5.41, 5.74) is 2.11. The van der Waals surface area contributed by atoms with E-state index in [-0.39, 0.29) is 12.7 Å². The molecule has 5 rings (SSSR count). The molecule has 0 unspecified atom stereocenters. The number of likely N-dealkylation sites (tertiary alicyclic amines) is 1. The van der Waals surface area contributed by atoms with Gasteiger partial charge in [-0.1, -0.05) is 6.42 Å². The summed E-state index contributed by atoms with van der Waals surface area (Å²) in [5.74, 6) is 2.35. The molecule has 1 saturated heterocycles. The Morgan fingerprint density at radius 3 is 2.51 bits per heavy atom. The van der Waals surface area contributed by atoms with Gasteiger partial charge >= 0.3 is 0 Å². The van der Waals surface area contributed by atoms with Crippen molar-refractivity contribution in [2.24, 2.45) is 0 Å². The van der Waals surface area contributed by atoms with E-state index in [0.717, 1.165) is 39.8 Å². The van der Waals surface area contributed by atoms with Gasteiger partial charge in [0.15, 0.2) is 23.0 Å². The molecule has 1 aromatic heterocycles. The van der Waals surface area contributed by atoms with Gasteiger partial charge in [0.2, 0.25) is 6.79 Å².